The van der Waals surface area contributed by atoms with Crippen molar-refractivity contribution in [3.63, 3.8) is 0 Å². The van der Waals surface area contributed by atoms with E-state index >= 15 is 0 Å². The Labute approximate surface area is 99.6 Å². The minimum absolute atomic E-state index is 0.454. The highest BCUT2D eigenvalue weighted by molar-refractivity contribution is 5.98. The van der Waals surface area contributed by atoms with Crippen LogP contribution < -0.4 is 17.2 Å². The van der Waals surface area contributed by atoms with E-state index in [1.54, 1.807) is 0 Å². The third-order valence-corrected chi connectivity index (χ3v) is 1.76. The van der Waals surface area contributed by atoms with Crippen LogP contribution >= 0.6 is 0 Å². The molecule has 1 rings (SSSR count). The van der Waals surface area contributed by atoms with Crippen LogP contribution in [0.15, 0.2) is 22.1 Å². The summed E-state index contributed by atoms with van der Waals surface area (Å²) in [6.45, 7) is 0. The molecule has 7 N–H and O–H groups in total. The van der Waals surface area contributed by atoms with Gasteiger partial charge in [0, 0.05) is 0 Å². The molecule has 0 aliphatic rings. The van der Waals surface area contributed by atoms with Crippen LogP contribution in [0.4, 0.5) is 14.5 Å². The zero-order valence-electron chi connectivity index (χ0n) is 8.89. The standard InChI is InChI=1S/C9H9F2N5O2/c10-3-1-2-4(11)6(5(3)7(17)18)15-9(14)16-8(12)13/h1-2H,(H,17,18)(H6,12,13,14,15,16). The maximum absolute atomic E-state index is 13.4. The van der Waals surface area contributed by atoms with E-state index in [1.165, 1.54) is 0 Å². The number of rotatable bonds is 2. The Bertz CT molecular complexity index is 552. The van der Waals surface area contributed by atoms with Crippen LogP contribution in [0.2, 0.25) is 0 Å². The smallest absolute Gasteiger partial charge is 0.341 e. The lowest BCUT2D eigenvalue weighted by Gasteiger charge is -2.04. The molecule has 96 valence electrons. The summed E-state index contributed by atoms with van der Waals surface area (Å²) in [5, 5.41) is 8.76. The maximum Gasteiger partial charge on any atom is 0.341 e. The van der Waals surface area contributed by atoms with Crippen LogP contribution in [0.3, 0.4) is 0 Å². The molecule has 0 bridgehead atoms. The zero-order chi connectivity index (χ0) is 13.9. The van der Waals surface area contributed by atoms with Crippen molar-refractivity contribution in [1.29, 1.82) is 0 Å². The fourth-order valence-corrected chi connectivity index (χ4v) is 1.13. The summed E-state index contributed by atoms with van der Waals surface area (Å²) >= 11 is 0. The quantitative estimate of drug-likeness (QED) is 0.432. The van der Waals surface area contributed by atoms with Gasteiger partial charge in [-0.2, -0.15) is 4.99 Å². The first-order valence-electron chi connectivity index (χ1n) is 4.48. The normalized spacial score (nSPS) is 11.1. The van der Waals surface area contributed by atoms with Crippen molar-refractivity contribution in [3.8, 4) is 0 Å². The molecule has 0 spiro atoms. The zero-order valence-corrected chi connectivity index (χ0v) is 8.89. The van der Waals surface area contributed by atoms with Crippen molar-refractivity contribution in [1.82, 2.24) is 0 Å². The molecule has 0 aliphatic heterocycles. The highest BCUT2D eigenvalue weighted by atomic mass is 19.1. The molecule has 0 aromatic heterocycles. The van der Waals surface area contributed by atoms with Crippen molar-refractivity contribution < 1.29 is 18.7 Å². The van der Waals surface area contributed by atoms with E-state index < -0.39 is 40.8 Å². The number of halogens is 2. The fraction of sp³-hybridized carbons (Fsp3) is 0. The lowest BCUT2D eigenvalue weighted by Crippen LogP contribution is -2.26. The van der Waals surface area contributed by atoms with Gasteiger partial charge in [-0.05, 0) is 12.1 Å². The molecule has 0 saturated heterocycles. The Morgan fingerprint density at radius 1 is 1.17 bits per heavy atom. The third-order valence-electron chi connectivity index (χ3n) is 1.76. The summed E-state index contributed by atoms with van der Waals surface area (Å²) in [6.07, 6.45) is 0. The molecule has 0 heterocycles. The summed E-state index contributed by atoms with van der Waals surface area (Å²) in [4.78, 5) is 17.4. The fourth-order valence-electron chi connectivity index (χ4n) is 1.13. The Kier molecular flexibility index (Phi) is 3.77. The summed E-state index contributed by atoms with van der Waals surface area (Å²) in [5.74, 6) is -4.96. The van der Waals surface area contributed by atoms with Crippen LogP contribution in [-0.4, -0.2) is 23.0 Å². The van der Waals surface area contributed by atoms with E-state index in [1.807, 2.05) is 0 Å². The molecule has 0 atom stereocenters. The van der Waals surface area contributed by atoms with Crippen molar-refractivity contribution in [2.75, 3.05) is 0 Å². The number of nitrogens with two attached hydrogens (primary N) is 3. The van der Waals surface area contributed by atoms with Crippen LogP contribution in [-0.2, 0) is 0 Å². The molecular weight excluding hydrogens is 248 g/mol. The van der Waals surface area contributed by atoms with E-state index in [0.29, 0.717) is 12.1 Å². The molecule has 0 fully saturated rings. The van der Waals surface area contributed by atoms with Gasteiger partial charge >= 0.3 is 5.97 Å². The van der Waals surface area contributed by atoms with Gasteiger partial charge in [0.05, 0.1) is 0 Å². The monoisotopic (exact) mass is 257 g/mol. The third kappa shape index (κ3) is 2.90. The van der Waals surface area contributed by atoms with Crippen molar-refractivity contribution in [2.24, 2.45) is 27.2 Å². The number of hydrogen-bond donors (Lipinski definition) is 4. The Balaban J connectivity index is 3.45. The Morgan fingerprint density at radius 3 is 2.22 bits per heavy atom. The number of carboxylic acid groups (broad SMARTS) is 1. The second-order valence-corrected chi connectivity index (χ2v) is 3.06. The van der Waals surface area contributed by atoms with Gasteiger partial charge in [-0.1, -0.05) is 0 Å². The highest BCUT2D eigenvalue weighted by Gasteiger charge is 2.19. The van der Waals surface area contributed by atoms with E-state index in [2.05, 4.69) is 9.98 Å². The highest BCUT2D eigenvalue weighted by Crippen LogP contribution is 2.26. The predicted molar refractivity (Wildman–Crippen MR) is 60.4 cm³/mol. The summed E-state index contributed by atoms with van der Waals surface area (Å²) < 4.78 is 26.6. The number of aromatic carboxylic acids is 1. The Hall–Kier alpha value is -2.71. The lowest BCUT2D eigenvalue weighted by atomic mass is 10.1. The van der Waals surface area contributed by atoms with Crippen LogP contribution in [0, 0.1) is 11.6 Å². The number of guanidine groups is 2. The summed E-state index contributed by atoms with van der Waals surface area (Å²) in [6, 6.07) is 1.37. The molecule has 9 heteroatoms. The average Bonchev–Trinajstić information content (AvgIpc) is 2.21. The van der Waals surface area contributed by atoms with Crippen LogP contribution in [0.25, 0.3) is 0 Å². The molecule has 0 aliphatic carbocycles. The molecular formula is C9H9F2N5O2. The lowest BCUT2D eigenvalue weighted by molar-refractivity contribution is 0.0692. The predicted octanol–water partition coefficient (Wildman–Crippen LogP) is -0.117. The van der Waals surface area contributed by atoms with Gasteiger partial charge in [0.1, 0.15) is 22.9 Å². The first-order valence-corrected chi connectivity index (χ1v) is 4.48. The van der Waals surface area contributed by atoms with E-state index in [4.69, 9.17) is 22.3 Å². The van der Waals surface area contributed by atoms with Gasteiger partial charge in [-0.15, -0.1) is 0 Å². The van der Waals surface area contributed by atoms with Gasteiger partial charge in [0.25, 0.3) is 0 Å². The number of benzene rings is 1. The molecule has 0 saturated carbocycles. The molecule has 7 nitrogen and oxygen atoms in total. The number of carboxylic acids is 1. The van der Waals surface area contributed by atoms with Crippen LogP contribution in [0.1, 0.15) is 10.4 Å². The summed E-state index contributed by atoms with van der Waals surface area (Å²) in [7, 11) is 0. The van der Waals surface area contributed by atoms with Gasteiger partial charge in [-0.25, -0.2) is 18.6 Å². The van der Waals surface area contributed by atoms with Gasteiger partial charge in [0.2, 0.25) is 5.96 Å². The number of aliphatic imine (C=N–C) groups is 2. The number of carbonyl (C=O) groups is 1. The average molecular weight is 257 g/mol. The first kappa shape index (κ1) is 13.4. The van der Waals surface area contributed by atoms with Crippen molar-refractivity contribution in [2.45, 2.75) is 0 Å². The van der Waals surface area contributed by atoms with E-state index in [9.17, 15) is 13.6 Å². The largest absolute Gasteiger partial charge is 0.478 e. The van der Waals surface area contributed by atoms with Crippen molar-refractivity contribution >= 4 is 23.6 Å². The SMILES string of the molecule is NC(N)=NC(N)=Nc1c(F)ccc(F)c1C(=O)O. The molecule has 18 heavy (non-hydrogen) atoms. The number of nitrogens with zero attached hydrogens (tertiary/aromatic N) is 2. The van der Waals surface area contributed by atoms with Gasteiger partial charge in [-0.3, -0.25) is 0 Å². The summed E-state index contributed by atoms with van der Waals surface area (Å²) in [5.41, 5.74) is 13.5. The molecule has 0 unspecified atom stereocenters. The molecule has 0 amide bonds. The molecule has 0 radical (unpaired) electrons. The topological polar surface area (TPSA) is 140 Å². The van der Waals surface area contributed by atoms with Gasteiger partial charge in [0.15, 0.2) is 5.96 Å². The number of hydrogen-bond acceptors (Lipinski definition) is 2. The maximum atomic E-state index is 13.4. The van der Waals surface area contributed by atoms with Crippen LogP contribution in [0.5, 0.6) is 0 Å². The van der Waals surface area contributed by atoms with Crippen molar-refractivity contribution in [3.05, 3.63) is 29.3 Å². The Morgan fingerprint density at radius 2 is 1.72 bits per heavy atom. The minimum atomic E-state index is -1.69. The second-order valence-electron chi connectivity index (χ2n) is 3.06. The first-order chi connectivity index (χ1) is 8.32. The van der Waals surface area contributed by atoms with E-state index in [-0.39, 0.29) is 0 Å². The molecule has 1 aromatic rings. The second kappa shape index (κ2) is 5.08. The minimum Gasteiger partial charge on any atom is -0.478 e. The van der Waals surface area contributed by atoms with E-state index in [0.717, 1.165) is 0 Å². The molecule has 1 aromatic carbocycles. The van der Waals surface area contributed by atoms with Gasteiger partial charge < -0.3 is 22.3 Å².